The summed E-state index contributed by atoms with van der Waals surface area (Å²) in [6.07, 6.45) is -2.86. The zero-order chi connectivity index (χ0) is 29.2. The summed E-state index contributed by atoms with van der Waals surface area (Å²) in [6.45, 7) is 4.48. The molecule has 1 fully saturated rings. The molecule has 40 heavy (non-hydrogen) atoms. The summed E-state index contributed by atoms with van der Waals surface area (Å²) in [5, 5.41) is 16.8. The number of nitrogens with two attached hydrogens (primary N) is 1. The molecule has 3 aromatic rings. The van der Waals surface area contributed by atoms with E-state index in [1.165, 1.54) is 20.4 Å². The van der Waals surface area contributed by atoms with Gasteiger partial charge >= 0.3 is 6.18 Å². The third kappa shape index (κ3) is 5.77. The second-order valence-corrected chi connectivity index (χ2v) is 10.4. The van der Waals surface area contributed by atoms with Gasteiger partial charge in [-0.25, -0.2) is 4.98 Å². The van der Waals surface area contributed by atoms with E-state index in [-0.39, 0.29) is 38.2 Å². The number of halogens is 4. The summed E-state index contributed by atoms with van der Waals surface area (Å²) in [5.74, 6) is 4.45. The number of hydrogen-bond acceptors (Lipinski definition) is 8. The van der Waals surface area contributed by atoms with E-state index in [1.807, 2.05) is 18.7 Å². The molecule has 1 aromatic carbocycles. The smallest absolute Gasteiger partial charge is 0.391 e. The Bertz CT molecular complexity index is 1430. The molecular formula is C28H32ClF3N6O2. The molecule has 0 amide bonds. The van der Waals surface area contributed by atoms with Crippen molar-refractivity contribution < 1.29 is 23.0 Å². The number of alkyl halides is 3. The van der Waals surface area contributed by atoms with Crippen molar-refractivity contribution in [3.05, 3.63) is 63.4 Å². The number of rotatable bonds is 7. The first-order chi connectivity index (χ1) is 18.9. The van der Waals surface area contributed by atoms with Gasteiger partial charge in [-0.15, -0.1) is 0 Å². The van der Waals surface area contributed by atoms with Crippen molar-refractivity contribution in [1.82, 2.24) is 14.9 Å². The quantitative estimate of drug-likeness (QED) is 0.234. The van der Waals surface area contributed by atoms with Crippen LogP contribution in [0.1, 0.15) is 40.9 Å². The van der Waals surface area contributed by atoms with Crippen molar-refractivity contribution in [2.45, 2.75) is 45.0 Å². The van der Waals surface area contributed by atoms with Crippen molar-refractivity contribution in [2.75, 3.05) is 27.2 Å². The molecule has 1 aliphatic heterocycles. The second kappa shape index (κ2) is 11.7. The number of benzene rings is 1. The van der Waals surface area contributed by atoms with Crippen molar-refractivity contribution in [2.24, 2.45) is 21.9 Å². The van der Waals surface area contributed by atoms with Gasteiger partial charge in [-0.2, -0.15) is 18.3 Å². The van der Waals surface area contributed by atoms with Crippen LogP contribution < -0.4 is 10.6 Å². The lowest BCUT2D eigenvalue weighted by Crippen LogP contribution is -2.39. The SMILES string of the molecule is CN=C(C=NN)C(O)(c1cc(C)nc(C)c1)c1ccc2nc(OC)c(CN3CCC(C(F)(F)F)CC3)c(Cl)c2c1. The largest absolute Gasteiger partial charge is 0.481 e. The fraction of sp³-hybridized carbons (Fsp3) is 0.429. The summed E-state index contributed by atoms with van der Waals surface area (Å²) >= 11 is 6.94. The highest BCUT2D eigenvalue weighted by molar-refractivity contribution is 6.37. The maximum Gasteiger partial charge on any atom is 0.391 e. The van der Waals surface area contributed by atoms with E-state index in [1.54, 1.807) is 30.3 Å². The zero-order valence-corrected chi connectivity index (χ0v) is 23.5. The Morgan fingerprint density at radius 3 is 2.35 bits per heavy atom. The van der Waals surface area contributed by atoms with Crippen LogP contribution in [-0.4, -0.2) is 65.3 Å². The lowest BCUT2D eigenvalue weighted by atomic mass is 9.81. The summed E-state index contributed by atoms with van der Waals surface area (Å²) in [5.41, 5.74) is 1.89. The number of fused-ring (bicyclic) bond motifs is 1. The number of methoxy groups -OCH3 is 1. The number of hydrogen-bond donors (Lipinski definition) is 2. The number of pyridine rings is 2. The third-order valence-electron chi connectivity index (χ3n) is 7.33. The molecule has 1 atom stereocenters. The summed E-state index contributed by atoms with van der Waals surface area (Å²) in [6, 6.07) is 8.68. The number of aromatic nitrogens is 2. The molecule has 4 rings (SSSR count). The van der Waals surface area contributed by atoms with Gasteiger partial charge in [-0.1, -0.05) is 17.7 Å². The molecule has 0 radical (unpaired) electrons. The van der Waals surface area contributed by atoms with Crippen LogP contribution in [0.15, 0.2) is 40.4 Å². The number of hydrazone groups is 1. The topological polar surface area (TPSA) is 109 Å². The van der Waals surface area contributed by atoms with E-state index in [4.69, 9.17) is 22.2 Å². The Hall–Kier alpha value is -3.28. The van der Waals surface area contributed by atoms with Crippen molar-refractivity contribution in [3.8, 4) is 5.88 Å². The number of aryl methyl sites for hydroxylation is 2. The fourth-order valence-electron chi connectivity index (χ4n) is 5.30. The number of nitrogens with zero attached hydrogens (tertiary/aromatic N) is 5. The van der Waals surface area contributed by atoms with Gasteiger partial charge in [0.2, 0.25) is 5.88 Å². The lowest BCUT2D eigenvalue weighted by Gasteiger charge is -2.33. The minimum Gasteiger partial charge on any atom is -0.481 e. The van der Waals surface area contributed by atoms with Crippen LogP contribution in [0.2, 0.25) is 5.02 Å². The van der Waals surface area contributed by atoms with Crippen LogP contribution in [0.25, 0.3) is 10.9 Å². The molecule has 1 saturated heterocycles. The molecule has 0 saturated carbocycles. The Morgan fingerprint density at radius 1 is 1.15 bits per heavy atom. The molecule has 1 aliphatic rings. The van der Waals surface area contributed by atoms with Gasteiger partial charge in [0.15, 0.2) is 5.60 Å². The number of likely N-dealkylation sites (tertiary alicyclic amines) is 1. The summed E-state index contributed by atoms with van der Waals surface area (Å²) in [7, 11) is 3.00. The molecule has 1 unspecified atom stereocenters. The lowest BCUT2D eigenvalue weighted by molar-refractivity contribution is -0.185. The molecule has 3 heterocycles. The highest BCUT2D eigenvalue weighted by atomic mass is 35.5. The first-order valence-corrected chi connectivity index (χ1v) is 13.1. The van der Waals surface area contributed by atoms with Gasteiger partial charge in [-0.3, -0.25) is 14.9 Å². The van der Waals surface area contributed by atoms with E-state index in [0.717, 1.165) is 0 Å². The summed E-state index contributed by atoms with van der Waals surface area (Å²) < 4.78 is 45.0. The van der Waals surface area contributed by atoms with Gasteiger partial charge in [0.05, 0.1) is 35.5 Å². The van der Waals surface area contributed by atoms with Crippen LogP contribution in [0.3, 0.4) is 0 Å². The Kier molecular flexibility index (Phi) is 8.67. The van der Waals surface area contributed by atoms with Gasteiger partial charge in [0.1, 0.15) is 0 Å². The number of aliphatic imine (C=N–C) groups is 1. The predicted octanol–water partition coefficient (Wildman–Crippen LogP) is 4.93. The minimum absolute atomic E-state index is 0.0220. The van der Waals surface area contributed by atoms with E-state index < -0.39 is 17.7 Å². The Labute approximate surface area is 235 Å². The fourth-order valence-corrected chi connectivity index (χ4v) is 5.60. The molecule has 214 valence electrons. The van der Waals surface area contributed by atoms with E-state index in [2.05, 4.69) is 20.1 Å². The average molecular weight is 577 g/mol. The molecule has 0 aliphatic carbocycles. The second-order valence-electron chi connectivity index (χ2n) is 9.97. The Balaban J connectivity index is 1.82. The number of aliphatic hydroxyl groups is 1. The molecular weight excluding hydrogens is 545 g/mol. The maximum absolute atomic E-state index is 13.2. The van der Waals surface area contributed by atoms with Gasteiger partial charge < -0.3 is 15.7 Å². The van der Waals surface area contributed by atoms with Crippen molar-refractivity contribution >= 4 is 34.4 Å². The summed E-state index contributed by atoms with van der Waals surface area (Å²) in [4.78, 5) is 15.2. The van der Waals surface area contributed by atoms with Crippen LogP contribution >= 0.6 is 11.6 Å². The van der Waals surface area contributed by atoms with Gasteiger partial charge in [-0.05, 0) is 75.2 Å². The predicted molar refractivity (Wildman–Crippen MR) is 150 cm³/mol. The van der Waals surface area contributed by atoms with E-state index in [9.17, 15) is 18.3 Å². The Morgan fingerprint density at radius 2 is 1.80 bits per heavy atom. The maximum atomic E-state index is 13.2. The number of ether oxygens (including phenoxy) is 1. The van der Waals surface area contributed by atoms with Crippen molar-refractivity contribution in [1.29, 1.82) is 0 Å². The molecule has 12 heteroatoms. The van der Waals surface area contributed by atoms with Gasteiger partial charge in [0.25, 0.3) is 0 Å². The highest BCUT2D eigenvalue weighted by Crippen LogP contribution is 2.39. The highest BCUT2D eigenvalue weighted by Gasteiger charge is 2.41. The molecule has 0 bridgehead atoms. The first-order valence-electron chi connectivity index (χ1n) is 12.8. The van der Waals surface area contributed by atoms with Crippen LogP contribution in [-0.2, 0) is 12.1 Å². The first kappa shape index (κ1) is 29.7. The van der Waals surface area contributed by atoms with E-state index in [0.29, 0.717) is 49.9 Å². The molecule has 0 spiro atoms. The molecule has 8 nitrogen and oxygen atoms in total. The normalized spacial score (nSPS) is 17.5. The average Bonchev–Trinajstić information content (AvgIpc) is 2.91. The monoisotopic (exact) mass is 576 g/mol. The molecule has 3 N–H and O–H groups in total. The number of piperidine rings is 1. The van der Waals surface area contributed by atoms with Crippen molar-refractivity contribution in [3.63, 3.8) is 0 Å². The van der Waals surface area contributed by atoms with Crippen LogP contribution in [0, 0.1) is 19.8 Å². The van der Waals surface area contributed by atoms with Gasteiger partial charge in [0, 0.05) is 35.9 Å². The van der Waals surface area contributed by atoms with E-state index >= 15 is 0 Å². The van der Waals surface area contributed by atoms with Crippen LogP contribution in [0.5, 0.6) is 5.88 Å². The zero-order valence-electron chi connectivity index (χ0n) is 22.8. The third-order valence-corrected chi connectivity index (χ3v) is 7.76. The van der Waals surface area contributed by atoms with Crippen LogP contribution in [0.4, 0.5) is 13.2 Å². The minimum atomic E-state index is -4.19. The standard InChI is InChI=1S/C28H32ClF3N6O2/c1-16-11-20(12-17(2)36-16)27(39,24(34-3)14-35-33)19-5-6-23-21(13-19)25(29)22(26(37-23)40-4)15-38-9-7-18(8-10-38)28(30,31)32/h5-6,11-14,18,39H,7-10,15,33H2,1-4H3. The molecule has 2 aromatic heterocycles.